The third kappa shape index (κ3) is 3.85. The number of hydrogen-bond donors (Lipinski definition) is 1. The van der Waals surface area contributed by atoms with E-state index in [4.69, 9.17) is 12.2 Å². The molecule has 0 atom stereocenters. The average molecular weight is 331 g/mol. The van der Waals surface area contributed by atoms with Crippen LogP contribution in [0.25, 0.3) is 0 Å². The molecule has 0 aliphatic heterocycles. The Morgan fingerprint density at radius 1 is 1.52 bits per heavy atom. The van der Waals surface area contributed by atoms with Gasteiger partial charge in [-0.1, -0.05) is 13.0 Å². The van der Waals surface area contributed by atoms with Gasteiger partial charge in [0, 0.05) is 31.4 Å². The van der Waals surface area contributed by atoms with Gasteiger partial charge in [0.2, 0.25) is 5.91 Å². The number of carbonyl (C=O) groups excluding carboxylic acids is 1. The number of nitrogens with one attached hydrogen (secondary N) is 1. The van der Waals surface area contributed by atoms with Crippen molar-refractivity contribution in [3.05, 3.63) is 40.7 Å². The van der Waals surface area contributed by atoms with E-state index in [-0.39, 0.29) is 12.5 Å². The van der Waals surface area contributed by atoms with E-state index in [2.05, 4.69) is 22.1 Å². The van der Waals surface area contributed by atoms with Gasteiger partial charge in [-0.25, -0.2) is 0 Å². The highest BCUT2D eigenvalue weighted by molar-refractivity contribution is 7.71. The van der Waals surface area contributed by atoms with E-state index in [1.807, 2.05) is 27.8 Å². The fourth-order valence-electron chi connectivity index (χ4n) is 2.65. The SMILES string of the molecule is CCCc1n[nH]c(=S)n1CC(=O)N(Cc1cccnc1)C1CC1. The number of pyridine rings is 1. The van der Waals surface area contributed by atoms with Crippen LogP contribution >= 0.6 is 12.2 Å². The normalized spacial score (nSPS) is 14.0. The minimum Gasteiger partial charge on any atom is -0.334 e. The number of H-pyrrole nitrogens is 1. The molecule has 3 rings (SSSR count). The molecule has 122 valence electrons. The van der Waals surface area contributed by atoms with Crippen LogP contribution in [0.5, 0.6) is 0 Å². The molecule has 1 fully saturated rings. The third-order valence-electron chi connectivity index (χ3n) is 3.99. The first-order chi connectivity index (χ1) is 11.2. The van der Waals surface area contributed by atoms with Gasteiger partial charge in [-0.3, -0.25) is 19.4 Å². The molecule has 23 heavy (non-hydrogen) atoms. The van der Waals surface area contributed by atoms with Crippen LogP contribution in [0.1, 0.15) is 37.6 Å². The number of nitrogens with zero attached hydrogens (tertiary/aromatic N) is 4. The van der Waals surface area contributed by atoms with Crippen LogP contribution < -0.4 is 0 Å². The molecule has 1 aliphatic rings. The molecule has 2 aromatic rings. The molecule has 0 radical (unpaired) electrons. The van der Waals surface area contributed by atoms with Crippen molar-refractivity contribution >= 4 is 18.1 Å². The maximum atomic E-state index is 12.8. The number of carbonyl (C=O) groups is 1. The van der Waals surface area contributed by atoms with Crippen LogP contribution in [0.3, 0.4) is 0 Å². The summed E-state index contributed by atoms with van der Waals surface area (Å²) in [6.07, 6.45) is 7.49. The Bertz CT molecular complexity index is 720. The first-order valence-corrected chi connectivity index (χ1v) is 8.42. The lowest BCUT2D eigenvalue weighted by Crippen LogP contribution is -2.35. The van der Waals surface area contributed by atoms with Crippen molar-refractivity contribution < 1.29 is 4.79 Å². The number of amides is 1. The van der Waals surface area contributed by atoms with Gasteiger partial charge in [0.05, 0.1) is 0 Å². The largest absolute Gasteiger partial charge is 0.334 e. The van der Waals surface area contributed by atoms with Crippen molar-refractivity contribution in [1.82, 2.24) is 24.6 Å². The molecule has 0 bridgehead atoms. The Balaban J connectivity index is 1.75. The first kappa shape index (κ1) is 15.9. The summed E-state index contributed by atoms with van der Waals surface area (Å²) in [6, 6.07) is 4.25. The number of rotatable bonds is 7. The van der Waals surface area contributed by atoms with Gasteiger partial charge in [0.25, 0.3) is 0 Å². The van der Waals surface area contributed by atoms with Crippen LogP contribution in [-0.2, 0) is 24.3 Å². The smallest absolute Gasteiger partial charge is 0.243 e. The molecule has 2 aromatic heterocycles. The van der Waals surface area contributed by atoms with Gasteiger partial charge in [0.15, 0.2) is 4.77 Å². The second-order valence-electron chi connectivity index (χ2n) is 5.90. The Morgan fingerprint density at radius 2 is 2.35 bits per heavy atom. The second kappa shape index (κ2) is 7.04. The monoisotopic (exact) mass is 331 g/mol. The standard InChI is InChI=1S/C16H21N5OS/c1-2-4-14-18-19-16(23)21(14)11-15(22)20(13-6-7-13)10-12-5-3-8-17-9-12/h3,5,8-9,13H,2,4,6-7,10-11H2,1H3,(H,19,23). The van der Waals surface area contributed by atoms with Gasteiger partial charge in [0.1, 0.15) is 12.4 Å². The summed E-state index contributed by atoms with van der Waals surface area (Å²) in [5.41, 5.74) is 1.05. The maximum absolute atomic E-state index is 12.8. The lowest BCUT2D eigenvalue weighted by Gasteiger charge is -2.23. The molecule has 1 saturated carbocycles. The predicted octanol–water partition coefficient (Wildman–Crippen LogP) is 2.48. The molecular weight excluding hydrogens is 310 g/mol. The zero-order valence-corrected chi connectivity index (χ0v) is 14.1. The topological polar surface area (TPSA) is 66.8 Å². The molecule has 0 aromatic carbocycles. The molecule has 1 amide bonds. The summed E-state index contributed by atoms with van der Waals surface area (Å²) in [5, 5.41) is 7.02. The molecule has 0 spiro atoms. The lowest BCUT2D eigenvalue weighted by molar-refractivity contribution is -0.133. The highest BCUT2D eigenvalue weighted by Crippen LogP contribution is 2.28. The lowest BCUT2D eigenvalue weighted by atomic mass is 10.2. The number of aryl methyl sites for hydroxylation is 1. The molecule has 1 aliphatic carbocycles. The van der Waals surface area contributed by atoms with Crippen LogP contribution in [-0.4, -0.2) is 36.6 Å². The quantitative estimate of drug-likeness (QED) is 0.792. The van der Waals surface area contributed by atoms with E-state index < -0.39 is 0 Å². The fourth-order valence-corrected chi connectivity index (χ4v) is 2.86. The molecule has 7 heteroatoms. The Labute approximate surface area is 140 Å². The Morgan fingerprint density at radius 3 is 3.00 bits per heavy atom. The minimum atomic E-state index is 0.0891. The molecule has 2 heterocycles. The Kier molecular flexibility index (Phi) is 4.85. The van der Waals surface area contributed by atoms with Crippen molar-refractivity contribution in [1.29, 1.82) is 0 Å². The van der Waals surface area contributed by atoms with Crippen molar-refractivity contribution in [2.24, 2.45) is 0 Å². The van der Waals surface area contributed by atoms with Crippen LogP contribution in [0, 0.1) is 4.77 Å². The molecular formula is C16H21N5OS. The van der Waals surface area contributed by atoms with E-state index in [0.717, 1.165) is 37.1 Å². The molecule has 0 saturated heterocycles. The molecule has 0 unspecified atom stereocenters. The molecule has 6 nitrogen and oxygen atoms in total. The number of hydrogen-bond acceptors (Lipinski definition) is 4. The number of aromatic nitrogens is 4. The average Bonchev–Trinajstić information content (AvgIpc) is 3.34. The Hall–Kier alpha value is -2.02. The predicted molar refractivity (Wildman–Crippen MR) is 89.2 cm³/mol. The van der Waals surface area contributed by atoms with Crippen LogP contribution in [0.2, 0.25) is 0 Å². The van der Waals surface area contributed by atoms with Gasteiger partial charge < -0.3 is 4.90 Å². The van der Waals surface area contributed by atoms with Crippen molar-refractivity contribution in [2.75, 3.05) is 0 Å². The summed E-state index contributed by atoms with van der Waals surface area (Å²) >= 11 is 5.27. The summed E-state index contributed by atoms with van der Waals surface area (Å²) in [4.78, 5) is 18.9. The highest BCUT2D eigenvalue weighted by Gasteiger charge is 2.32. The van der Waals surface area contributed by atoms with E-state index in [0.29, 0.717) is 17.4 Å². The zero-order valence-electron chi connectivity index (χ0n) is 13.2. The van der Waals surface area contributed by atoms with Gasteiger partial charge in [-0.15, -0.1) is 0 Å². The first-order valence-electron chi connectivity index (χ1n) is 8.01. The minimum absolute atomic E-state index is 0.0891. The summed E-state index contributed by atoms with van der Waals surface area (Å²) in [5.74, 6) is 0.939. The van der Waals surface area contributed by atoms with Gasteiger partial charge in [-0.05, 0) is 43.1 Å². The van der Waals surface area contributed by atoms with Crippen LogP contribution in [0.4, 0.5) is 0 Å². The van der Waals surface area contributed by atoms with Crippen molar-refractivity contribution in [3.63, 3.8) is 0 Å². The van der Waals surface area contributed by atoms with Gasteiger partial charge in [-0.2, -0.15) is 5.10 Å². The van der Waals surface area contributed by atoms with E-state index >= 15 is 0 Å². The summed E-state index contributed by atoms with van der Waals surface area (Å²) in [6.45, 7) is 2.94. The third-order valence-corrected chi connectivity index (χ3v) is 4.30. The van der Waals surface area contributed by atoms with Crippen LogP contribution in [0.15, 0.2) is 24.5 Å². The second-order valence-corrected chi connectivity index (χ2v) is 6.28. The van der Waals surface area contributed by atoms with E-state index in [9.17, 15) is 4.79 Å². The highest BCUT2D eigenvalue weighted by atomic mass is 32.1. The van der Waals surface area contributed by atoms with E-state index in [1.54, 1.807) is 6.20 Å². The molecule has 1 N–H and O–H groups in total. The zero-order chi connectivity index (χ0) is 16.2. The summed E-state index contributed by atoms with van der Waals surface area (Å²) < 4.78 is 2.33. The van der Waals surface area contributed by atoms with Crippen molar-refractivity contribution in [2.45, 2.75) is 51.7 Å². The van der Waals surface area contributed by atoms with E-state index in [1.165, 1.54) is 0 Å². The summed E-state index contributed by atoms with van der Waals surface area (Å²) in [7, 11) is 0. The van der Waals surface area contributed by atoms with Crippen molar-refractivity contribution in [3.8, 4) is 0 Å². The van der Waals surface area contributed by atoms with Gasteiger partial charge >= 0.3 is 0 Å². The maximum Gasteiger partial charge on any atom is 0.243 e. The number of aromatic amines is 1. The fraction of sp³-hybridized carbons (Fsp3) is 0.500.